The van der Waals surface area contributed by atoms with Crippen LogP contribution in [0.4, 0.5) is 10.2 Å². The Morgan fingerprint density at radius 3 is 2.90 bits per heavy atom. The molecule has 1 aliphatic heterocycles. The quantitative estimate of drug-likeness (QED) is 0.912. The van der Waals surface area contributed by atoms with Crippen molar-refractivity contribution in [3.63, 3.8) is 0 Å². The predicted octanol–water partition coefficient (Wildman–Crippen LogP) is 3.78. The van der Waals surface area contributed by atoms with Gasteiger partial charge in [-0.3, -0.25) is 0 Å². The average Bonchev–Trinajstić information content (AvgIpc) is 2.95. The zero-order valence-electron chi connectivity index (χ0n) is 12.0. The van der Waals surface area contributed by atoms with Gasteiger partial charge in [0.05, 0.1) is 5.69 Å². The molecule has 0 spiro atoms. The molecule has 21 heavy (non-hydrogen) atoms. The van der Waals surface area contributed by atoms with Gasteiger partial charge >= 0.3 is 0 Å². The lowest BCUT2D eigenvalue weighted by molar-refractivity contribution is 0.612. The molecule has 0 fully saturated rings. The van der Waals surface area contributed by atoms with Crippen LogP contribution in [0.15, 0.2) is 24.3 Å². The fourth-order valence-electron chi connectivity index (χ4n) is 2.38. The van der Waals surface area contributed by atoms with Crippen LogP contribution in [0.5, 0.6) is 0 Å². The molecule has 0 amide bonds. The van der Waals surface area contributed by atoms with Gasteiger partial charge in [-0.05, 0) is 18.1 Å². The summed E-state index contributed by atoms with van der Waals surface area (Å²) in [4.78, 5) is 9.24. The molecule has 1 aromatic carbocycles. The molecule has 110 valence electrons. The first kappa shape index (κ1) is 14.3. The highest BCUT2D eigenvalue weighted by Crippen LogP contribution is 2.33. The number of benzene rings is 1. The van der Waals surface area contributed by atoms with Crippen LogP contribution < -0.4 is 5.32 Å². The van der Waals surface area contributed by atoms with E-state index in [0.29, 0.717) is 17.8 Å². The standard InChI is InChI=1S/C16H18FN3S/c1-2-7-18-16-12-9-21-10-14(12)19-15(20-16)8-11-5-3-4-6-13(11)17/h3-6H,2,7-10H2,1H3,(H,18,19,20). The Bertz CT molecular complexity index is 645. The number of fused-ring (bicyclic) bond motifs is 1. The van der Waals surface area contributed by atoms with Crippen LogP contribution in [-0.4, -0.2) is 16.5 Å². The molecule has 0 bridgehead atoms. The number of anilines is 1. The van der Waals surface area contributed by atoms with E-state index in [1.165, 1.54) is 11.6 Å². The zero-order chi connectivity index (χ0) is 14.7. The van der Waals surface area contributed by atoms with E-state index in [2.05, 4.69) is 22.2 Å². The van der Waals surface area contributed by atoms with E-state index in [9.17, 15) is 4.39 Å². The van der Waals surface area contributed by atoms with E-state index in [-0.39, 0.29) is 5.82 Å². The average molecular weight is 303 g/mol. The van der Waals surface area contributed by atoms with Gasteiger partial charge in [0.25, 0.3) is 0 Å². The van der Waals surface area contributed by atoms with E-state index in [1.54, 1.807) is 12.1 Å². The summed E-state index contributed by atoms with van der Waals surface area (Å²) in [6.45, 7) is 3.02. The van der Waals surface area contributed by atoms with E-state index in [4.69, 9.17) is 0 Å². The molecular weight excluding hydrogens is 285 g/mol. The molecule has 3 nitrogen and oxygen atoms in total. The minimum atomic E-state index is -0.195. The van der Waals surface area contributed by atoms with Crippen LogP contribution in [0, 0.1) is 5.82 Å². The Morgan fingerprint density at radius 2 is 2.10 bits per heavy atom. The van der Waals surface area contributed by atoms with E-state index < -0.39 is 0 Å². The van der Waals surface area contributed by atoms with Gasteiger partial charge in [0.15, 0.2) is 0 Å². The van der Waals surface area contributed by atoms with Crippen LogP contribution in [0.25, 0.3) is 0 Å². The third kappa shape index (κ3) is 3.18. The Balaban J connectivity index is 1.90. The highest BCUT2D eigenvalue weighted by atomic mass is 32.2. The number of aromatic nitrogens is 2. The van der Waals surface area contributed by atoms with E-state index in [1.807, 2.05) is 17.8 Å². The number of halogens is 1. The lowest BCUT2D eigenvalue weighted by atomic mass is 10.1. The van der Waals surface area contributed by atoms with Crippen molar-refractivity contribution in [2.45, 2.75) is 31.3 Å². The number of hydrogen-bond donors (Lipinski definition) is 1. The predicted molar refractivity (Wildman–Crippen MR) is 85.0 cm³/mol. The summed E-state index contributed by atoms with van der Waals surface area (Å²) in [6.07, 6.45) is 1.49. The Hall–Kier alpha value is -1.62. The summed E-state index contributed by atoms with van der Waals surface area (Å²) in [6, 6.07) is 6.82. The van der Waals surface area contributed by atoms with Gasteiger partial charge in [-0.1, -0.05) is 25.1 Å². The van der Waals surface area contributed by atoms with Crippen molar-refractivity contribution < 1.29 is 4.39 Å². The van der Waals surface area contributed by atoms with Crippen molar-refractivity contribution in [3.05, 3.63) is 52.7 Å². The lowest BCUT2D eigenvalue weighted by Gasteiger charge is -2.11. The molecule has 3 rings (SSSR count). The lowest BCUT2D eigenvalue weighted by Crippen LogP contribution is -2.10. The van der Waals surface area contributed by atoms with Gasteiger partial charge in [-0.15, -0.1) is 0 Å². The molecule has 0 aliphatic carbocycles. The number of nitrogens with one attached hydrogen (secondary N) is 1. The summed E-state index contributed by atoms with van der Waals surface area (Å²) >= 11 is 1.85. The third-order valence-corrected chi connectivity index (χ3v) is 4.44. The molecule has 2 heterocycles. The first-order valence-electron chi connectivity index (χ1n) is 7.21. The van der Waals surface area contributed by atoms with E-state index in [0.717, 1.165) is 36.0 Å². The maximum atomic E-state index is 13.8. The first-order valence-corrected chi connectivity index (χ1v) is 8.37. The van der Waals surface area contributed by atoms with Gasteiger partial charge in [-0.2, -0.15) is 11.8 Å². The summed E-state index contributed by atoms with van der Waals surface area (Å²) in [5, 5.41) is 3.38. The Morgan fingerprint density at radius 1 is 1.24 bits per heavy atom. The van der Waals surface area contributed by atoms with Crippen molar-refractivity contribution in [2.75, 3.05) is 11.9 Å². The summed E-state index contributed by atoms with van der Waals surface area (Å²) < 4.78 is 13.8. The summed E-state index contributed by atoms with van der Waals surface area (Å²) in [5.74, 6) is 3.31. The maximum absolute atomic E-state index is 13.8. The van der Waals surface area contributed by atoms with Crippen LogP contribution in [0.2, 0.25) is 0 Å². The number of rotatable bonds is 5. The van der Waals surface area contributed by atoms with Crippen LogP contribution >= 0.6 is 11.8 Å². The van der Waals surface area contributed by atoms with Crippen molar-refractivity contribution in [3.8, 4) is 0 Å². The van der Waals surface area contributed by atoms with Gasteiger partial charge in [0.1, 0.15) is 17.5 Å². The minimum absolute atomic E-state index is 0.195. The van der Waals surface area contributed by atoms with Crippen LogP contribution in [0.1, 0.15) is 36.0 Å². The smallest absolute Gasteiger partial charge is 0.135 e. The third-order valence-electron chi connectivity index (χ3n) is 3.47. The largest absolute Gasteiger partial charge is 0.370 e. The van der Waals surface area contributed by atoms with Crippen LogP contribution in [-0.2, 0) is 17.9 Å². The summed E-state index contributed by atoms with van der Waals surface area (Å²) in [5.41, 5.74) is 2.95. The Labute approximate surface area is 128 Å². The highest BCUT2D eigenvalue weighted by Gasteiger charge is 2.20. The van der Waals surface area contributed by atoms with E-state index >= 15 is 0 Å². The Kier molecular flexibility index (Phi) is 4.39. The molecule has 2 aromatic rings. The molecule has 0 unspecified atom stereocenters. The highest BCUT2D eigenvalue weighted by molar-refractivity contribution is 7.98. The summed E-state index contributed by atoms with van der Waals surface area (Å²) in [7, 11) is 0. The second-order valence-corrected chi connectivity index (χ2v) is 6.09. The second-order valence-electron chi connectivity index (χ2n) is 5.10. The van der Waals surface area contributed by atoms with Gasteiger partial charge in [0.2, 0.25) is 0 Å². The fraction of sp³-hybridized carbons (Fsp3) is 0.375. The molecule has 0 saturated heterocycles. The maximum Gasteiger partial charge on any atom is 0.135 e. The number of thioether (sulfide) groups is 1. The molecule has 0 atom stereocenters. The first-order chi connectivity index (χ1) is 10.3. The molecular formula is C16H18FN3S. The SMILES string of the molecule is CCCNc1nc(Cc2ccccc2F)nc2c1CSC2. The topological polar surface area (TPSA) is 37.8 Å². The van der Waals surface area contributed by atoms with Gasteiger partial charge in [-0.25, -0.2) is 14.4 Å². The molecule has 0 radical (unpaired) electrons. The molecule has 0 saturated carbocycles. The number of hydrogen-bond acceptors (Lipinski definition) is 4. The van der Waals surface area contributed by atoms with Crippen molar-refractivity contribution in [2.24, 2.45) is 0 Å². The molecule has 5 heteroatoms. The number of nitrogens with zero attached hydrogens (tertiary/aromatic N) is 2. The minimum Gasteiger partial charge on any atom is -0.370 e. The molecule has 1 aliphatic rings. The van der Waals surface area contributed by atoms with Crippen LogP contribution in [0.3, 0.4) is 0 Å². The molecule has 1 N–H and O–H groups in total. The normalized spacial score (nSPS) is 13.2. The second kappa shape index (κ2) is 6.43. The molecule has 1 aromatic heterocycles. The van der Waals surface area contributed by atoms with Crippen molar-refractivity contribution in [1.82, 2.24) is 9.97 Å². The van der Waals surface area contributed by atoms with Crippen molar-refractivity contribution in [1.29, 1.82) is 0 Å². The zero-order valence-corrected chi connectivity index (χ0v) is 12.8. The monoisotopic (exact) mass is 303 g/mol. The van der Waals surface area contributed by atoms with Gasteiger partial charge in [0, 0.05) is 30.0 Å². The van der Waals surface area contributed by atoms with Crippen molar-refractivity contribution >= 4 is 17.6 Å². The van der Waals surface area contributed by atoms with Gasteiger partial charge < -0.3 is 5.32 Å². The fourth-order valence-corrected chi connectivity index (χ4v) is 3.42.